The summed E-state index contributed by atoms with van der Waals surface area (Å²) in [4.78, 5) is 12.2. The molecular weight excluding hydrogens is 318 g/mol. The molecule has 1 aromatic rings. The van der Waals surface area contributed by atoms with Crippen LogP contribution in [0.4, 0.5) is 0 Å². The van der Waals surface area contributed by atoms with E-state index in [-0.39, 0.29) is 17.2 Å². The standard InChI is InChI=1S/C16H20BrNO2/c17-14-6-2-1-5-13(14)16(7-8-16)11-18-15(19)12-4-3-9-20-10-12/h1-2,5-6,12H,3-4,7-11H2,(H,18,19)/t12-/m0/s1. The van der Waals surface area contributed by atoms with E-state index in [1.54, 1.807) is 0 Å². The highest BCUT2D eigenvalue weighted by atomic mass is 79.9. The van der Waals surface area contributed by atoms with E-state index in [0.717, 1.165) is 43.3 Å². The Balaban J connectivity index is 1.60. The van der Waals surface area contributed by atoms with Crippen molar-refractivity contribution in [2.24, 2.45) is 5.92 Å². The van der Waals surface area contributed by atoms with Crippen molar-refractivity contribution in [2.45, 2.75) is 31.1 Å². The molecule has 20 heavy (non-hydrogen) atoms. The molecule has 3 rings (SSSR count). The lowest BCUT2D eigenvalue weighted by atomic mass is 9.95. The highest BCUT2D eigenvalue weighted by Crippen LogP contribution is 2.49. The lowest BCUT2D eigenvalue weighted by Gasteiger charge is -2.23. The summed E-state index contributed by atoms with van der Waals surface area (Å²) in [6.45, 7) is 2.11. The van der Waals surface area contributed by atoms with Crippen molar-refractivity contribution < 1.29 is 9.53 Å². The molecule has 1 aliphatic carbocycles. The minimum absolute atomic E-state index is 0.0405. The number of rotatable bonds is 4. The Morgan fingerprint density at radius 2 is 2.20 bits per heavy atom. The lowest BCUT2D eigenvalue weighted by Crippen LogP contribution is -2.39. The second-order valence-electron chi connectivity index (χ2n) is 5.89. The van der Waals surface area contributed by atoms with Gasteiger partial charge in [0.05, 0.1) is 12.5 Å². The van der Waals surface area contributed by atoms with Crippen LogP contribution in [0.2, 0.25) is 0 Å². The second-order valence-corrected chi connectivity index (χ2v) is 6.75. The molecule has 1 saturated carbocycles. The maximum absolute atomic E-state index is 12.2. The number of carbonyl (C=O) groups is 1. The summed E-state index contributed by atoms with van der Waals surface area (Å²) >= 11 is 3.62. The van der Waals surface area contributed by atoms with Crippen LogP contribution < -0.4 is 5.32 Å². The minimum atomic E-state index is 0.0405. The molecule has 0 spiro atoms. The highest BCUT2D eigenvalue weighted by molar-refractivity contribution is 9.10. The van der Waals surface area contributed by atoms with Gasteiger partial charge in [0.15, 0.2) is 0 Å². The molecule has 1 N–H and O–H groups in total. The fourth-order valence-electron chi connectivity index (χ4n) is 2.93. The van der Waals surface area contributed by atoms with Gasteiger partial charge >= 0.3 is 0 Å². The summed E-state index contributed by atoms with van der Waals surface area (Å²) in [6.07, 6.45) is 4.25. The molecule has 1 heterocycles. The smallest absolute Gasteiger partial charge is 0.225 e. The summed E-state index contributed by atoms with van der Waals surface area (Å²) in [6, 6.07) is 8.33. The zero-order valence-electron chi connectivity index (χ0n) is 11.5. The maximum Gasteiger partial charge on any atom is 0.225 e. The minimum Gasteiger partial charge on any atom is -0.381 e. The number of halogens is 1. The molecule has 1 aliphatic heterocycles. The molecule has 1 aromatic carbocycles. The molecule has 4 heteroatoms. The van der Waals surface area contributed by atoms with Gasteiger partial charge in [0.2, 0.25) is 5.91 Å². The molecule has 108 valence electrons. The summed E-state index contributed by atoms with van der Waals surface area (Å²) < 4.78 is 6.53. The van der Waals surface area contributed by atoms with Gasteiger partial charge in [-0.15, -0.1) is 0 Å². The van der Waals surface area contributed by atoms with Crippen LogP contribution in [0.25, 0.3) is 0 Å². The average molecular weight is 338 g/mol. The number of hydrogen-bond acceptors (Lipinski definition) is 2. The normalized spacial score (nSPS) is 24.1. The van der Waals surface area contributed by atoms with E-state index in [9.17, 15) is 4.79 Å². The molecule has 0 radical (unpaired) electrons. The summed E-state index contributed by atoms with van der Waals surface area (Å²) in [5.74, 6) is 0.196. The fourth-order valence-corrected chi connectivity index (χ4v) is 3.64. The summed E-state index contributed by atoms with van der Waals surface area (Å²) in [5.41, 5.74) is 1.46. The van der Waals surface area contributed by atoms with E-state index in [4.69, 9.17) is 4.74 Å². The number of ether oxygens (including phenoxy) is 1. The molecule has 1 atom stereocenters. The van der Waals surface area contributed by atoms with E-state index in [1.165, 1.54) is 5.56 Å². The summed E-state index contributed by atoms with van der Waals surface area (Å²) in [7, 11) is 0. The van der Waals surface area contributed by atoms with Crippen LogP contribution in [0, 0.1) is 5.92 Å². The summed E-state index contributed by atoms with van der Waals surface area (Å²) in [5, 5.41) is 3.14. The Morgan fingerprint density at radius 1 is 1.40 bits per heavy atom. The molecule has 2 fully saturated rings. The van der Waals surface area contributed by atoms with Crippen LogP contribution in [0.15, 0.2) is 28.7 Å². The molecule has 2 aliphatic rings. The van der Waals surface area contributed by atoms with Gasteiger partial charge in [0, 0.05) is 23.0 Å². The number of nitrogens with one attached hydrogen (secondary N) is 1. The van der Waals surface area contributed by atoms with Gasteiger partial charge < -0.3 is 10.1 Å². The zero-order chi connectivity index (χ0) is 14.0. The third-order valence-corrected chi connectivity index (χ3v) is 5.12. The van der Waals surface area contributed by atoms with Crippen molar-refractivity contribution in [3.05, 3.63) is 34.3 Å². The van der Waals surface area contributed by atoms with E-state index in [2.05, 4.69) is 39.4 Å². The molecule has 0 bridgehead atoms. The molecule has 3 nitrogen and oxygen atoms in total. The van der Waals surface area contributed by atoms with Crippen LogP contribution in [0.5, 0.6) is 0 Å². The first-order valence-corrected chi connectivity index (χ1v) is 8.11. The first kappa shape index (κ1) is 14.1. The predicted octanol–water partition coefficient (Wildman–Crippen LogP) is 3.02. The molecule has 1 saturated heterocycles. The Bertz CT molecular complexity index is 493. The molecular formula is C16H20BrNO2. The van der Waals surface area contributed by atoms with Gasteiger partial charge in [-0.05, 0) is 37.3 Å². The Labute approximate surface area is 128 Å². The average Bonchev–Trinajstić information content (AvgIpc) is 3.27. The lowest BCUT2D eigenvalue weighted by molar-refractivity contribution is -0.129. The van der Waals surface area contributed by atoms with Gasteiger partial charge in [-0.25, -0.2) is 0 Å². The van der Waals surface area contributed by atoms with Crippen molar-refractivity contribution in [1.82, 2.24) is 5.32 Å². The van der Waals surface area contributed by atoms with E-state index >= 15 is 0 Å². The molecule has 1 amide bonds. The van der Waals surface area contributed by atoms with Gasteiger partial charge in [-0.2, -0.15) is 0 Å². The van der Waals surface area contributed by atoms with Gasteiger partial charge in [0.25, 0.3) is 0 Å². The molecule has 0 unspecified atom stereocenters. The number of hydrogen-bond donors (Lipinski definition) is 1. The van der Waals surface area contributed by atoms with E-state index in [1.807, 2.05) is 6.07 Å². The monoisotopic (exact) mass is 337 g/mol. The number of carbonyl (C=O) groups excluding carboxylic acids is 1. The van der Waals surface area contributed by atoms with Crippen molar-refractivity contribution in [2.75, 3.05) is 19.8 Å². The van der Waals surface area contributed by atoms with E-state index < -0.39 is 0 Å². The SMILES string of the molecule is O=C(NCC1(c2ccccc2Br)CC1)[C@H]1CCCOC1. The van der Waals surface area contributed by atoms with Crippen LogP contribution in [0.1, 0.15) is 31.2 Å². The Morgan fingerprint density at radius 3 is 2.85 bits per heavy atom. The maximum atomic E-state index is 12.2. The largest absolute Gasteiger partial charge is 0.381 e. The van der Waals surface area contributed by atoms with Crippen molar-refractivity contribution in [1.29, 1.82) is 0 Å². The third kappa shape index (κ3) is 2.91. The first-order valence-electron chi connectivity index (χ1n) is 7.32. The Hall–Kier alpha value is -0.870. The number of amides is 1. The second kappa shape index (κ2) is 5.86. The first-order chi connectivity index (χ1) is 9.71. The topological polar surface area (TPSA) is 38.3 Å². The van der Waals surface area contributed by atoms with Crippen molar-refractivity contribution in [3.63, 3.8) is 0 Å². The predicted molar refractivity (Wildman–Crippen MR) is 81.6 cm³/mol. The zero-order valence-corrected chi connectivity index (χ0v) is 13.1. The van der Waals surface area contributed by atoms with Crippen LogP contribution in [0.3, 0.4) is 0 Å². The fraction of sp³-hybridized carbons (Fsp3) is 0.562. The Kier molecular flexibility index (Phi) is 4.13. The van der Waals surface area contributed by atoms with Crippen LogP contribution in [-0.4, -0.2) is 25.7 Å². The third-order valence-electron chi connectivity index (χ3n) is 4.43. The van der Waals surface area contributed by atoms with E-state index in [0.29, 0.717) is 6.61 Å². The van der Waals surface area contributed by atoms with Crippen molar-refractivity contribution >= 4 is 21.8 Å². The van der Waals surface area contributed by atoms with Gasteiger partial charge in [-0.3, -0.25) is 4.79 Å². The molecule has 0 aromatic heterocycles. The van der Waals surface area contributed by atoms with Crippen LogP contribution >= 0.6 is 15.9 Å². The van der Waals surface area contributed by atoms with Gasteiger partial charge in [-0.1, -0.05) is 34.1 Å². The highest BCUT2D eigenvalue weighted by Gasteiger charge is 2.45. The number of benzene rings is 1. The van der Waals surface area contributed by atoms with Gasteiger partial charge in [0.1, 0.15) is 0 Å². The quantitative estimate of drug-likeness (QED) is 0.917. The van der Waals surface area contributed by atoms with Crippen molar-refractivity contribution in [3.8, 4) is 0 Å². The van der Waals surface area contributed by atoms with Crippen LogP contribution in [-0.2, 0) is 14.9 Å².